The minimum Gasteiger partial charge on any atom is -0.456 e. The highest BCUT2D eigenvalue weighted by molar-refractivity contribution is 5.37. The summed E-state index contributed by atoms with van der Waals surface area (Å²) in [5.41, 5.74) is 0.799. The summed E-state index contributed by atoms with van der Waals surface area (Å²) in [5.74, 6) is 1.44. The molecule has 0 aliphatic carbocycles. The molecule has 1 saturated heterocycles. The van der Waals surface area contributed by atoms with Gasteiger partial charge in [-0.15, -0.1) is 0 Å². The zero-order valence-electron chi connectivity index (χ0n) is 17.5. The number of hydrogen-bond acceptors (Lipinski definition) is 7. The van der Waals surface area contributed by atoms with Crippen molar-refractivity contribution in [2.75, 3.05) is 18.5 Å². The van der Waals surface area contributed by atoms with Crippen LogP contribution in [0.5, 0.6) is 11.5 Å². The van der Waals surface area contributed by atoms with Crippen LogP contribution >= 0.6 is 0 Å². The predicted molar refractivity (Wildman–Crippen MR) is 116 cm³/mol. The Morgan fingerprint density at radius 3 is 2.71 bits per heavy atom. The Balaban J connectivity index is 1.49. The highest BCUT2D eigenvalue weighted by atomic mass is 16.5. The molecule has 1 aliphatic rings. The van der Waals surface area contributed by atoms with E-state index in [9.17, 15) is 9.59 Å². The van der Waals surface area contributed by atoms with Gasteiger partial charge in [-0.1, -0.05) is 12.1 Å². The second kappa shape index (κ2) is 9.13. The van der Waals surface area contributed by atoms with Gasteiger partial charge >= 0.3 is 11.4 Å². The summed E-state index contributed by atoms with van der Waals surface area (Å²) in [4.78, 5) is 35.9. The molecule has 9 nitrogen and oxygen atoms in total. The van der Waals surface area contributed by atoms with Crippen LogP contribution in [0.25, 0.3) is 0 Å². The minimum absolute atomic E-state index is 0.139. The third-order valence-corrected chi connectivity index (χ3v) is 5.24. The van der Waals surface area contributed by atoms with Crippen molar-refractivity contribution < 1.29 is 9.47 Å². The molecule has 2 N–H and O–H groups in total. The molecule has 1 fully saturated rings. The van der Waals surface area contributed by atoms with Gasteiger partial charge in [0.2, 0.25) is 5.95 Å². The topological polar surface area (TPSA) is 111 Å². The van der Waals surface area contributed by atoms with E-state index < -0.39 is 11.4 Å². The number of aryl methyl sites for hydroxylation is 1. The first-order valence-electron chi connectivity index (χ1n) is 10.3. The Morgan fingerprint density at radius 1 is 1.19 bits per heavy atom. The molecule has 1 atom stereocenters. The van der Waals surface area contributed by atoms with Crippen molar-refractivity contribution in [2.24, 2.45) is 0 Å². The van der Waals surface area contributed by atoms with Crippen molar-refractivity contribution in [2.45, 2.75) is 38.8 Å². The van der Waals surface area contributed by atoms with E-state index in [2.05, 4.69) is 20.3 Å². The van der Waals surface area contributed by atoms with Crippen LogP contribution in [0.15, 0.2) is 52.2 Å². The van der Waals surface area contributed by atoms with Crippen LogP contribution in [-0.4, -0.2) is 32.7 Å². The molecule has 0 unspecified atom stereocenters. The fourth-order valence-corrected chi connectivity index (χ4v) is 3.55. The van der Waals surface area contributed by atoms with Crippen LogP contribution in [0, 0.1) is 6.92 Å². The van der Waals surface area contributed by atoms with E-state index in [4.69, 9.17) is 9.47 Å². The van der Waals surface area contributed by atoms with E-state index >= 15 is 0 Å². The average Bonchev–Trinajstić information content (AvgIpc) is 2.76. The molecule has 3 heterocycles. The van der Waals surface area contributed by atoms with Gasteiger partial charge in [-0.3, -0.25) is 9.97 Å². The fraction of sp³-hybridized carbons (Fsp3) is 0.364. The van der Waals surface area contributed by atoms with Crippen molar-refractivity contribution >= 4 is 5.95 Å². The number of benzene rings is 1. The van der Waals surface area contributed by atoms with Gasteiger partial charge in [-0.25, -0.2) is 14.2 Å². The summed E-state index contributed by atoms with van der Waals surface area (Å²) in [6, 6.07) is 10.9. The number of anilines is 1. The summed E-state index contributed by atoms with van der Waals surface area (Å²) in [6.45, 7) is 4.89. The maximum Gasteiger partial charge on any atom is 0.355 e. The molecule has 0 spiro atoms. The number of nitrogens with one attached hydrogen (secondary N) is 2. The van der Waals surface area contributed by atoms with Crippen molar-refractivity contribution in [1.29, 1.82) is 0 Å². The minimum atomic E-state index is -0.561. The van der Waals surface area contributed by atoms with Crippen LogP contribution < -0.4 is 21.4 Å². The van der Waals surface area contributed by atoms with Crippen molar-refractivity contribution in [3.8, 4) is 11.5 Å². The third kappa shape index (κ3) is 5.00. The van der Waals surface area contributed by atoms with Gasteiger partial charge in [0.1, 0.15) is 11.5 Å². The number of aromatic amines is 1. The van der Waals surface area contributed by atoms with Crippen LogP contribution in [-0.2, 0) is 4.74 Å². The molecule has 0 saturated carbocycles. The molecule has 0 bridgehead atoms. The van der Waals surface area contributed by atoms with E-state index in [1.54, 1.807) is 6.20 Å². The molecule has 0 amide bonds. The van der Waals surface area contributed by atoms with Gasteiger partial charge in [0, 0.05) is 24.9 Å². The first kappa shape index (κ1) is 20.8. The van der Waals surface area contributed by atoms with Crippen LogP contribution in [0.3, 0.4) is 0 Å². The number of rotatable bonds is 6. The van der Waals surface area contributed by atoms with E-state index in [0.717, 1.165) is 11.3 Å². The molecule has 3 aromatic rings. The Bertz CT molecular complexity index is 1120. The quantitative estimate of drug-likeness (QED) is 0.627. The average molecular weight is 423 g/mol. The van der Waals surface area contributed by atoms with Gasteiger partial charge in [0.05, 0.1) is 12.2 Å². The second-order valence-corrected chi connectivity index (χ2v) is 7.56. The Kier molecular flexibility index (Phi) is 6.13. The highest BCUT2D eigenvalue weighted by Gasteiger charge is 2.20. The SMILES string of the molecule is Cc1ccc(Oc2cccc([C@H](C)Nc3nc(=O)n(C4CCOCC4)c(=O)[nH]3)c2)cn1. The normalized spacial score (nSPS) is 15.4. The number of ether oxygens (including phenoxy) is 2. The third-order valence-electron chi connectivity index (χ3n) is 5.24. The zero-order chi connectivity index (χ0) is 21.8. The van der Waals surface area contributed by atoms with Gasteiger partial charge in [-0.2, -0.15) is 4.98 Å². The van der Waals surface area contributed by atoms with Gasteiger partial charge in [0.25, 0.3) is 0 Å². The van der Waals surface area contributed by atoms with Gasteiger partial charge in [-0.05, 0) is 56.5 Å². The fourth-order valence-electron chi connectivity index (χ4n) is 3.55. The second-order valence-electron chi connectivity index (χ2n) is 7.56. The number of pyridine rings is 1. The lowest BCUT2D eigenvalue weighted by molar-refractivity contribution is 0.0670. The molecule has 1 aromatic carbocycles. The number of H-pyrrole nitrogens is 1. The smallest absolute Gasteiger partial charge is 0.355 e. The van der Waals surface area contributed by atoms with Crippen molar-refractivity contribution in [1.82, 2.24) is 19.5 Å². The molecular formula is C22H25N5O4. The zero-order valence-corrected chi connectivity index (χ0v) is 17.5. The van der Waals surface area contributed by atoms with Crippen LogP contribution in [0.4, 0.5) is 5.95 Å². The summed E-state index contributed by atoms with van der Waals surface area (Å²) < 4.78 is 12.4. The lowest BCUT2D eigenvalue weighted by Crippen LogP contribution is -2.42. The first-order chi connectivity index (χ1) is 15.0. The standard InChI is InChI=1S/C22H25N5O4/c1-14-6-7-19(13-23-14)31-18-5-3-4-16(12-18)15(2)24-20-25-21(28)27(22(29)26-20)17-8-10-30-11-9-17/h3-7,12-13,15,17H,8-11H2,1-2H3,(H2,24,25,26,28,29)/t15-/m0/s1. The van der Waals surface area contributed by atoms with Crippen LogP contribution in [0.1, 0.15) is 43.1 Å². The van der Waals surface area contributed by atoms with Gasteiger partial charge in [0.15, 0.2) is 0 Å². The number of aromatic nitrogens is 4. The molecule has 1 aliphatic heterocycles. The molecule has 162 valence electrons. The molecular weight excluding hydrogens is 398 g/mol. The summed E-state index contributed by atoms with van der Waals surface area (Å²) in [5, 5.41) is 3.10. The summed E-state index contributed by atoms with van der Waals surface area (Å²) in [7, 11) is 0. The Morgan fingerprint density at radius 2 is 2.00 bits per heavy atom. The highest BCUT2D eigenvalue weighted by Crippen LogP contribution is 2.25. The predicted octanol–water partition coefficient (Wildman–Crippen LogP) is 2.95. The Labute approximate surface area is 179 Å². The molecule has 2 aromatic heterocycles. The van der Waals surface area contributed by atoms with E-state index in [-0.39, 0.29) is 18.0 Å². The maximum atomic E-state index is 12.5. The van der Waals surface area contributed by atoms with E-state index in [0.29, 0.717) is 37.6 Å². The number of hydrogen-bond donors (Lipinski definition) is 2. The van der Waals surface area contributed by atoms with Crippen molar-refractivity contribution in [3.63, 3.8) is 0 Å². The molecule has 31 heavy (non-hydrogen) atoms. The van der Waals surface area contributed by atoms with Crippen molar-refractivity contribution in [3.05, 3.63) is 74.8 Å². The van der Waals surface area contributed by atoms with E-state index in [1.165, 1.54) is 4.57 Å². The summed E-state index contributed by atoms with van der Waals surface area (Å²) >= 11 is 0. The number of nitrogens with zero attached hydrogens (tertiary/aromatic N) is 3. The van der Waals surface area contributed by atoms with E-state index in [1.807, 2.05) is 50.2 Å². The molecule has 9 heteroatoms. The van der Waals surface area contributed by atoms with Crippen LogP contribution in [0.2, 0.25) is 0 Å². The lowest BCUT2D eigenvalue weighted by atomic mass is 10.1. The molecule has 0 radical (unpaired) electrons. The van der Waals surface area contributed by atoms with Gasteiger partial charge < -0.3 is 14.8 Å². The first-order valence-corrected chi connectivity index (χ1v) is 10.3. The monoisotopic (exact) mass is 423 g/mol. The Hall–Kier alpha value is -3.46. The lowest BCUT2D eigenvalue weighted by Gasteiger charge is -2.23. The summed E-state index contributed by atoms with van der Waals surface area (Å²) in [6.07, 6.45) is 2.92. The largest absolute Gasteiger partial charge is 0.456 e. The molecule has 4 rings (SSSR count). The maximum absolute atomic E-state index is 12.5.